The highest BCUT2D eigenvalue weighted by atomic mass is 19.1. The third-order valence-corrected chi connectivity index (χ3v) is 5.86. The second-order valence-electron chi connectivity index (χ2n) is 7.74. The van der Waals surface area contributed by atoms with Gasteiger partial charge in [0.1, 0.15) is 17.1 Å². The Morgan fingerprint density at radius 3 is 2.70 bits per heavy atom. The van der Waals surface area contributed by atoms with E-state index in [1.54, 1.807) is 21.2 Å². The van der Waals surface area contributed by atoms with Crippen molar-refractivity contribution >= 4 is 28.4 Å². The highest BCUT2D eigenvalue weighted by Gasteiger charge is 2.34. The van der Waals surface area contributed by atoms with Crippen LogP contribution in [0.1, 0.15) is 40.5 Å². The van der Waals surface area contributed by atoms with Gasteiger partial charge in [0.05, 0.1) is 30.3 Å². The van der Waals surface area contributed by atoms with E-state index in [0.29, 0.717) is 24.4 Å². The van der Waals surface area contributed by atoms with Gasteiger partial charge in [-0.2, -0.15) is 5.10 Å². The number of aryl methyl sites for hydroxylation is 1. The van der Waals surface area contributed by atoms with E-state index in [2.05, 4.69) is 5.10 Å². The first-order valence-corrected chi connectivity index (χ1v) is 9.55. The summed E-state index contributed by atoms with van der Waals surface area (Å²) in [5, 5.41) is 13.8. The molecule has 0 bridgehead atoms. The summed E-state index contributed by atoms with van der Waals surface area (Å²) < 4.78 is 24.3. The zero-order valence-electron chi connectivity index (χ0n) is 16.5. The molecule has 0 unspecified atom stereocenters. The number of nitrogen functional groups attached to an aromatic ring is 1. The Morgan fingerprint density at radius 2 is 2.10 bits per heavy atom. The minimum Gasteiger partial charge on any atom is -0.492 e. The summed E-state index contributed by atoms with van der Waals surface area (Å²) in [6.45, 7) is 0.703. The summed E-state index contributed by atoms with van der Waals surface area (Å²) in [7, 11) is 3.17. The fraction of sp³-hybridized carbons (Fsp3) is 0.350. The fourth-order valence-electron chi connectivity index (χ4n) is 4.25. The number of methoxy groups -OCH3 is 1. The van der Waals surface area contributed by atoms with Crippen molar-refractivity contribution in [3.05, 3.63) is 45.1 Å². The summed E-state index contributed by atoms with van der Waals surface area (Å²) in [5.74, 6) is -1.27. The van der Waals surface area contributed by atoms with Gasteiger partial charge in [-0.3, -0.25) is 9.48 Å². The maximum absolute atomic E-state index is 15.3. The number of ether oxygens (including phenoxy) is 1. The van der Waals surface area contributed by atoms with E-state index in [9.17, 15) is 14.7 Å². The Morgan fingerprint density at radius 1 is 1.37 bits per heavy atom. The first-order chi connectivity index (χ1) is 14.3. The van der Waals surface area contributed by atoms with Crippen molar-refractivity contribution in [3.63, 3.8) is 0 Å². The van der Waals surface area contributed by atoms with Crippen molar-refractivity contribution in [1.29, 1.82) is 0 Å². The van der Waals surface area contributed by atoms with Crippen LogP contribution in [-0.4, -0.2) is 32.5 Å². The number of aromatic nitrogens is 3. The number of carboxylic acid groups (broad SMARTS) is 1. The molecule has 3 N–H and O–H groups in total. The van der Waals surface area contributed by atoms with Crippen molar-refractivity contribution in [2.24, 2.45) is 7.05 Å². The van der Waals surface area contributed by atoms with Crippen molar-refractivity contribution < 1.29 is 19.0 Å². The molecule has 1 fully saturated rings. The Bertz CT molecular complexity index is 1290. The minimum absolute atomic E-state index is 0.00454. The van der Waals surface area contributed by atoms with E-state index in [1.165, 1.54) is 13.3 Å². The molecule has 1 aliphatic heterocycles. The summed E-state index contributed by atoms with van der Waals surface area (Å²) in [6, 6.07) is 1.16. The number of carboxylic acids is 1. The maximum Gasteiger partial charge on any atom is 0.341 e. The first kappa shape index (κ1) is 18.5. The Labute approximate surface area is 170 Å². The van der Waals surface area contributed by atoms with E-state index < -0.39 is 17.2 Å². The molecular formula is C20H20FN5O4. The lowest BCUT2D eigenvalue weighted by Crippen LogP contribution is -2.22. The number of benzene rings is 1. The van der Waals surface area contributed by atoms with E-state index in [-0.39, 0.29) is 28.4 Å². The normalized spacial score (nSPS) is 15.6. The molecule has 0 atom stereocenters. The molecule has 0 saturated heterocycles. The molecule has 9 nitrogen and oxygen atoms in total. The summed E-state index contributed by atoms with van der Waals surface area (Å²) >= 11 is 0. The number of hydrogen-bond acceptors (Lipinski definition) is 6. The van der Waals surface area contributed by atoms with Gasteiger partial charge in [0.15, 0.2) is 11.6 Å². The molecule has 2 aliphatic rings. The van der Waals surface area contributed by atoms with Gasteiger partial charge in [-0.25, -0.2) is 9.18 Å². The number of hydrogen-bond donors (Lipinski definition) is 2. The largest absolute Gasteiger partial charge is 0.492 e. The standard InChI is InChI=1S/C20H20FN5O4/c1-24-19(22)11-6-25(8-14(11)23-24)16-13(21)5-10-15(18(16)30-2)26(9-3-4-9)7-12(17(10)27)20(28)29/h5,7,9H,3-4,6,8,22H2,1-2H3,(H,28,29). The van der Waals surface area contributed by atoms with Crippen molar-refractivity contribution in [2.75, 3.05) is 17.7 Å². The molecule has 0 amide bonds. The van der Waals surface area contributed by atoms with E-state index >= 15 is 4.39 Å². The van der Waals surface area contributed by atoms with Gasteiger partial charge >= 0.3 is 5.97 Å². The van der Waals surface area contributed by atoms with Gasteiger partial charge in [0.25, 0.3) is 0 Å². The SMILES string of the molecule is COc1c(N2Cc3nn(C)c(N)c3C2)c(F)cc2c(=O)c(C(=O)O)cn(C3CC3)c12. The number of carbonyl (C=O) groups is 1. The Balaban J connectivity index is 1.75. The molecule has 0 radical (unpaired) electrons. The highest BCUT2D eigenvalue weighted by molar-refractivity contribution is 5.97. The van der Waals surface area contributed by atoms with Gasteiger partial charge in [0, 0.05) is 31.4 Å². The van der Waals surface area contributed by atoms with Crippen LogP contribution in [0.5, 0.6) is 5.75 Å². The molecular weight excluding hydrogens is 393 g/mol. The average molecular weight is 413 g/mol. The van der Waals surface area contributed by atoms with Crippen LogP contribution in [0.2, 0.25) is 0 Å². The molecule has 3 aromatic rings. The zero-order chi connectivity index (χ0) is 21.3. The summed E-state index contributed by atoms with van der Waals surface area (Å²) in [5.41, 5.74) is 7.18. The minimum atomic E-state index is -1.34. The van der Waals surface area contributed by atoms with Crippen LogP contribution in [0.4, 0.5) is 15.9 Å². The number of nitrogens with zero attached hydrogens (tertiary/aromatic N) is 4. The lowest BCUT2D eigenvalue weighted by molar-refractivity contribution is 0.0695. The van der Waals surface area contributed by atoms with Crippen molar-refractivity contribution in [2.45, 2.75) is 32.0 Å². The fourth-order valence-corrected chi connectivity index (χ4v) is 4.25. The monoisotopic (exact) mass is 413 g/mol. The molecule has 10 heteroatoms. The second-order valence-corrected chi connectivity index (χ2v) is 7.74. The van der Waals surface area contributed by atoms with Crippen LogP contribution >= 0.6 is 0 Å². The van der Waals surface area contributed by atoms with Gasteiger partial charge in [-0.05, 0) is 18.9 Å². The Hall–Kier alpha value is -3.56. The molecule has 1 aromatic carbocycles. The molecule has 156 valence electrons. The predicted octanol–water partition coefficient (Wildman–Crippen LogP) is 2.02. The number of aromatic carboxylic acids is 1. The molecule has 3 heterocycles. The third-order valence-electron chi connectivity index (χ3n) is 5.86. The van der Waals surface area contributed by atoms with Gasteiger partial charge < -0.3 is 25.0 Å². The highest BCUT2D eigenvalue weighted by Crippen LogP contribution is 2.45. The number of halogens is 1. The molecule has 1 saturated carbocycles. The number of anilines is 2. The second kappa shape index (κ2) is 6.22. The lowest BCUT2D eigenvalue weighted by atomic mass is 10.1. The van der Waals surface area contributed by atoms with Crippen LogP contribution in [0.25, 0.3) is 10.9 Å². The number of nitrogens with two attached hydrogens (primary N) is 1. The smallest absolute Gasteiger partial charge is 0.341 e. The lowest BCUT2D eigenvalue weighted by Gasteiger charge is -2.24. The average Bonchev–Trinajstić information content (AvgIpc) is 3.41. The molecule has 1 aliphatic carbocycles. The van der Waals surface area contributed by atoms with Crippen LogP contribution in [0.3, 0.4) is 0 Å². The molecule has 30 heavy (non-hydrogen) atoms. The van der Waals surface area contributed by atoms with Crippen LogP contribution in [0.15, 0.2) is 17.1 Å². The third kappa shape index (κ3) is 2.49. The van der Waals surface area contributed by atoms with Crippen LogP contribution < -0.4 is 20.8 Å². The van der Waals surface area contributed by atoms with Gasteiger partial charge in [-0.15, -0.1) is 0 Å². The Kier molecular flexibility index (Phi) is 3.83. The molecule has 2 aromatic heterocycles. The van der Waals surface area contributed by atoms with Gasteiger partial charge in [0.2, 0.25) is 5.43 Å². The van der Waals surface area contributed by atoms with E-state index in [4.69, 9.17) is 10.5 Å². The zero-order valence-corrected chi connectivity index (χ0v) is 16.5. The van der Waals surface area contributed by atoms with Crippen LogP contribution in [0, 0.1) is 5.82 Å². The molecule has 5 rings (SSSR count). The number of fused-ring (bicyclic) bond motifs is 2. The van der Waals surface area contributed by atoms with Crippen LogP contribution in [-0.2, 0) is 20.1 Å². The predicted molar refractivity (Wildman–Crippen MR) is 107 cm³/mol. The topological polar surface area (TPSA) is 116 Å². The number of rotatable bonds is 4. The quantitative estimate of drug-likeness (QED) is 0.672. The maximum atomic E-state index is 15.3. The summed E-state index contributed by atoms with van der Waals surface area (Å²) in [6.07, 6.45) is 3.04. The van der Waals surface area contributed by atoms with Gasteiger partial charge in [-0.1, -0.05) is 0 Å². The number of pyridine rings is 1. The van der Waals surface area contributed by atoms with Crippen molar-refractivity contribution in [1.82, 2.24) is 14.3 Å². The molecule has 0 spiro atoms. The van der Waals surface area contributed by atoms with E-state index in [0.717, 1.165) is 30.2 Å². The van der Waals surface area contributed by atoms with Crippen molar-refractivity contribution in [3.8, 4) is 5.75 Å². The first-order valence-electron chi connectivity index (χ1n) is 9.55. The summed E-state index contributed by atoms with van der Waals surface area (Å²) in [4.78, 5) is 26.1. The van der Waals surface area contributed by atoms with E-state index in [1.807, 2.05) is 0 Å².